The van der Waals surface area contributed by atoms with Gasteiger partial charge in [-0.15, -0.1) is 0 Å². The van der Waals surface area contributed by atoms with Gasteiger partial charge in [-0.3, -0.25) is 0 Å². The van der Waals surface area contributed by atoms with Crippen molar-refractivity contribution >= 4 is 17.3 Å². The minimum absolute atomic E-state index is 0.286. The zero-order valence-electron chi connectivity index (χ0n) is 12.8. The van der Waals surface area contributed by atoms with Crippen molar-refractivity contribution in [2.75, 3.05) is 13.9 Å². The van der Waals surface area contributed by atoms with Crippen molar-refractivity contribution < 1.29 is 14.2 Å². The maximum Gasteiger partial charge on any atom is 0.231 e. The second kappa shape index (κ2) is 7.19. The van der Waals surface area contributed by atoms with Gasteiger partial charge in [0.1, 0.15) is 5.75 Å². The highest BCUT2D eigenvalue weighted by atomic mass is 32.1. The molecule has 23 heavy (non-hydrogen) atoms. The van der Waals surface area contributed by atoms with E-state index in [1.54, 1.807) is 7.11 Å². The van der Waals surface area contributed by atoms with Crippen LogP contribution >= 0.6 is 12.2 Å². The molecule has 0 amide bonds. The highest BCUT2D eigenvalue weighted by Crippen LogP contribution is 2.32. The molecule has 2 aromatic carbocycles. The van der Waals surface area contributed by atoms with Gasteiger partial charge in [-0.05, 0) is 47.6 Å². The molecule has 2 aromatic rings. The van der Waals surface area contributed by atoms with Crippen molar-refractivity contribution in [3.8, 4) is 17.2 Å². The summed E-state index contributed by atoms with van der Waals surface area (Å²) in [5.74, 6) is 2.41. The van der Waals surface area contributed by atoms with Crippen molar-refractivity contribution in [2.45, 2.75) is 13.1 Å². The third-order valence-corrected chi connectivity index (χ3v) is 3.79. The fourth-order valence-electron chi connectivity index (χ4n) is 2.22. The summed E-state index contributed by atoms with van der Waals surface area (Å²) in [6.45, 7) is 1.58. The van der Waals surface area contributed by atoms with Gasteiger partial charge in [-0.2, -0.15) is 0 Å². The summed E-state index contributed by atoms with van der Waals surface area (Å²) in [5, 5.41) is 6.97. The fourth-order valence-corrected chi connectivity index (χ4v) is 2.37. The lowest BCUT2D eigenvalue weighted by atomic mass is 10.2. The van der Waals surface area contributed by atoms with Crippen LogP contribution in [0.1, 0.15) is 11.1 Å². The van der Waals surface area contributed by atoms with E-state index in [2.05, 4.69) is 10.6 Å². The molecule has 3 rings (SSSR count). The maximum atomic E-state index is 5.36. The standard InChI is InChI=1S/C17H18N2O3S/c1-20-14-5-2-12(3-6-14)9-18-17(23)19-10-13-4-7-15-16(8-13)22-11-21-15/h2-8H,9-11H2,1H3,(H2,18,19,23). The van der Waals surface area contributed by atoms with E-state index in [0.29, 0.717) is 18.2 Å². The largest absolute Gasteiger partial charge is 0.497 e. The average molecular weight is 330 g/mol. The van der Waals surface area contributed by atoms with Crippen molar-refractivity contribution in [2.24, 2.45) is 0 Å². The van der Waals surface area contributed by atoms with E-state index >= 15 is 0 Å². The summed E-state index contributed by atoms with van der Waals surface area (Å²) in [4.78, 5) is 0. The molecular formula is C17H18N2O3S. The predicted octanol–water partition coefficient (Wildman–Crippen LogP) is 2.59. The van der Waals surface area contributed by atoms with Gasteiger partial charge in [0.15, 0.2) is 16.6 Å². The van der Waals surface area contributed by atoms with Crippen molar-refractivity contribution in [1.29, 1.82) is 0 Å². The van der Waals surface area contributed by atoms with Crippen LogP contribution in [0, 0.1) is 0 Å². The van der Waals surface area contributed by atoms with Crippen LogP contribution in [0.3, 0.4) is 0 Å². The highest BCUT2D eigenvalue weighted by molar-refractivity contribution is 7.80. The quantitative estimate of drug-likeness (QED) is 0.822. The molecule has 0 unspecified atom stereocenters. The first-order valence-electron chi connectivity index (χ1n) is 7.28. The van der Waals surface area contributed by atoms with E-state index in [9.17, 15) is 0 Å². The first-order chi connectivity index (χ1) is 11.2. The molecular weight excluding hydrogens is 312 g/mol. The van der Waals surface area contributed by atoms with Crippen molar-refractivity contribution in [3.05, 3.63) is 53.6 Å². The summed E-state index contributed by atoms with van der Waals surface area (Å²) in [5.41, 5.74) is 2.22. The molecule has 0 aliphatic carbocycles. The number of rotatable bonds is 5. The predicted molar refractivity (Wildman–Crippen MR) is 91.8 cm³/mol. The Kier molecular flexibility index (Phi) is 4.83. The van der Waals surface area contributed by atoms with Crippen molar-refractivity contribution in [1.82, 2.24) is 10.6 Å². The van der Waals surface area contributed by atoms with Crippen molar-refractivity contribution in [3.63, 3.8) is 0 Å². The van der Waals surface area contributed by atoms with Crippen LogP contribution in [0.15, 0.2) is 42.5 Å². The van der Waals surface area contributed by atoms with E-state index in [4.69, 9.17) is 26.4 Å². The van der Waals surface area contributed by atoms with E-state index in [1.807, 2.05) is 42.5 Å². The normalized spacial score (nSPS) is 11.9. The molecule has 0 atom stereocenters. The van der Waals surface area contributed by atoms with Crippen LogP contribution in [0.25, 0.3) is 0 Å². The number of methoxy groups -OCH3 is 1. The third kappa shape index (κ3) is 4.04. The first-order valence-corrected chi connectivity index (χ1v) is 7.68. The molecule has 1 aliphatic rings. The molecule has 0 radical (unpaired) electrons. The van der Waals surface area contributed by atoms with Gasteiger partial charge in [0.25, 0.3) is 0 Å². The van der Waals surface area contributed by atoms with Gasteiger partial charge in [0.05, 0.1) is 7.11 Å². The van der Waals surface area contributed by atoms with E-state index in [1.165, 1.54) is 0 Å². The molecule has 0 fully saturated rings. The topological polar surface area (TPSA) is 51.8 Å². The van der Waals surface area contributed by atoms with Gasteiger partial charge < -0.3 is 24.8 Å². The SMILES string of the molecule is COc1ccc(CNC(=S)NCc2ccc3c(c2)OCO3)cc1. The number of benzene rings is 2. The molecule has 0 spiro atoms. The second-order valence-electron chi connectivity index (χ2n) is 5.07. The second-order valence-corrected chi connectivity index (χ2v) is 5.48. The van der Waals surface area contributed by atoms with Gasteiger partial charge in [0, 0.05) is 13.1 Å². The number of fused-ring (bicyclic) bond motifs is 1. The minimum Gasteiger partial charge on any atom is -0.497 e. The van der Waals surface area contributed by atoms with Gasteiger partial charge in [0.2, 0.25) is 6.79 Å². The molecule has 1 aliphatic heterocycles. The Hall–Kier alpha value is -2.47. The van der Waals surface area contributed by atoms with Gasteiger partial charge in [-0.25, -0.2) is 0 Å². The summed E-state index contributed by atoms with van der Waals surface area (Å²) in [6.07, 6.45) is 0. The van der Waals surface area contributed by atoms with Gasteiger partial charge in [-0.1, -0.05) is 18.2 Å². The lowest BCUT2D eigenvalue weighted by Crippen LogP contribution is -2.34. The first kappa shape index (κ1) is 15.4. The van der Waals surface area contributed by atoms with Crippen LogP contribution in [0.5, 0.6) is 17.2 Å². The van der Waals surface area contributed by atoms with E-state index in [0.717, 1.165) is 28.4 Å². The molecule has 5 nitrogen and oxygen atoms in total. The zero-order valence-corrected chi connectivity index (χ0v) is 13.6. The number of thiocarbonyl (C=S) groups is 1. The molecule has 0 aromatic heterocycles. The summed E-state index contributed by atoms with van der Waals surface area (Å²) >= 11 is 5.30. The zero-order chi connectivity index (χ0) is 16.1. The van der Waals surface area contributed by atoms with Crippen LogP contribution < -0.4 is 24.8 Å². The van der Waals surface area contributed by atoms with Crippen LogP contribution in [0.2, 0.25) is 0 Å². The minimum atomic E-state index is 0.286. The summed E-state index contributed by atoms with van der Waals surface area (Å²) in [6, 6.07) is 13.7. The molecule has 1 heterocycles. The van der Waals surface area contributed by atoms with Crippen LogP contribution in [-0.2, 0) is 13.1 Å². The number of nitrogens with one attached hydrogen (secondary N) is 2. The summed E-state index contributed by atoms with van der Waals surface area (Å²) in [7, 11) is 1.66. The molecule has 120 valence electrons. The summed E-state index contributed by atoms with van der Waals surface area (Å²) < 4.78 is 15.8. The number of ether oxygens (including phenoxy) is 3. The highest BCUT2D eigenvalue weighted by Gasteiger charge is 2.12. The lowest BCUT2D eigenvalue weighted by molar-refractivity contribution is 0.174. The van der Waals surface area contributed by atoms with Crippen LogP contribution in [-0.4, -0.2) is 19.0 Å². The third-order valence-electron chi connectivity index (χ3n) is 3.50. The number of hydrogen-bond donors (Lipinski definition) is 2. The monoisotopic (exact) mass is 330 g/mol. The van der Waals surface area contributed by atoms with Crippen LogP contribution in [0.4, 0.5) is 0 Å². The Morgan fingerprint density at radius 1 is 1.00 bits per heavy atom. The Morgan fingerprint density at radius 2 is 1.65 bits per heavy atom. The van der Waals surface area contributed by atoms with E-state index in [-0.39, 0.29) is 6.79 Å². The Morgan fingerprint density at radius 3 is 2.39 bits per heavy atom. The average Bonchev–Trinajstić information content (AvgIpc) is 3.06. The molecule has 6 heteroatoms. The molecule has 2 N–H and O–H groups in total. The number of hydrogen-bond acceptors (Lipinski definition) is 4. The van der Waals surface area contributed by atoms with Gasteiger partial charge >= 0.3 is 0 Å². The Balaban J connectivity index is 1.45. The van der Waals surface area contributed by atoms with E-state index < -0.39 is 0 Å². The molecule has 0 saturated heterocycles. The molecule has 0 bridgehead atoms. The lowest BCUT2D eigenvalue weighted by Gasteiger charge is -2.11. The maximum absolute atomic E-state index is 5.36. The Bertz CT molecular complexity index is 689. The fraction of sp³-hybridized carbons (Fsp3) is 0.235. The molecule has 0 saturated carbocycles. The smallest absolute Gasteiger partial charge is 0.231 e. The Labute approximate surface area is 140 Å².